The molecule has 0 bridgehead atoms. The summed E-state index contributed by atoms with van der Waals surface area (Å²) in [6.07, 6.45) is 3.73. The van der Waals surface area contributed by atoms with Gasteiger partial charge >= 0.3 is 5.97 Å². The highest BCUT2D eigenvalue weighted by molar-refractivity contribution is 7.16. The Morgan fingerprint density at radius 1 is 1.32 bits per heavy atom. The van der Waals surface area contributed by atoms with Crippen LogP contribution in [0.5, 0.6) is 0 Å². The van der Waals surface area contributed by atoms with Gasteiger partial charge in [0.1, 0.15) is 22.5 Å². The second-order valence-corrected chi connectivity index (χ2v) is 8.03. The van der Waals surface area contributed by atoms with E-state index in [2.05, 4.69) is 11.4 Å². The fourth-order valence-corrected chi connectivity index (χ4v) is 4.61. The SMILES string of the molecule is CC(OC(=O)c1c(F)cccc1Cl)C(=O)Nc1sc2c(c1C#N)CCCCC2. The Hall–Kier alpha value is -2.43. The predicted octanol–water partition coefficient (Wildman–Crippen LogP) is 4.87. The largest absolute Gasteiger partial charge is 0.449 e. The molecule has 1 heterocycles. The van der Waals surface area contributed by atoms with Crippen molar-refractivity contribution in [1.82, 2.24) is 0 Å². The third-order valence-corrected chi connectivity index (χ3v) is 6.11. The number of carbonyl (C=O) groups is 2. The molecule has 1 aliphatic carbocycles. The van der Waals surface area contributed by atoms with Crippen LogP contribution in [0.4, 0.5) is 9.39 Å². The monoisotopic (exact) mass is 420 g/mol. The van der Waals surface area contributed by atoms with E-state index in [1.165, 1.54) is 30.4 Å². The molecule has 0 aliphatic heterocycles. The fraction of sp³-hybridized carbons (Fsp3) is 0.350. The zero-order valence-electron chi connectivity index (χ0n) is 15.2. The number of esters is 1. The summed E-state index contributed by atoms with van der Waals surface area (Å²) in [4.78, 5) is 25.8. The molecule has 0 saturated heterocycles. The van der Waals surface area contributed by atoms with E-state index in [9.17, 15) is 19.2 Å². The maximum atomic E-state index is 13.8. The summed E-state index contributed by atoms with van der Waals surface area (Å²) in [5.74, 6) is -2.43. The molecule has 0 radical (unpaired) electrons. The van der Waals surface area contributed by atoms with Crippen LogP contribution in [0.25, 0.3) is 0 Å². The zero-order valence-corrected chi connectivity index (χ0v) is 16.8. The van der Waals surface area contributed by atoms with E-state index in [0.29, 0.717) is 10.6 Å². The fourth-order valence-electron chi connectivity index (χ4n) is 3.13. The third kappa shape index (κ3) is 4.18. The second kappa shape index (κ2) is 8.72. The van der Waals surface area contributed by atoms with E-state index in [1.54, 1.807) is 0 Å². The maximum absolute atomic E-state index is 13.8. The molecule has 3 rings (SSSR count). The first-order valence-electron chi connectivity index (χ1n) is 8.93. The molecule has 8 heteroatoms. The Kier molecular flexibility index (Phi) is 6.32. The molecular weight excluding hydrogens is 403 g/mol. The summed E-state index contributed by atoms with van der Waals surface area (Å²) in [7, 11) is 0. The van der Waals surface area contributed by atoms with Crippen molar-refractivity contribution >= 4 is 39.8 Å². The average Bonchev–Trinajstić information content (AvgIpc) is 2.81. The minimum absolute atomic E-state index is 0.0913. The number of nitrogens with zero attached hydrogens (tertiary/aromatic N) is 1. The molecule has 5 nitrogen and oxygen atoms in total. The zero-order chi connectivity index (χ0) is 20.3. The topological polar surface area (TPSA) is 79.2 Å². The molecule has 1 atom stereocenters. The van der Waals surface area contributed by atoms with Crippen LogP contribution in [0.1, 0.15) is 52.5 Å². The van der Waals surface area contributed by atoms with E-state index in [-0.39, 0.29) is 5.02 Å². The number of halogens is 2. The minimum atomic E-state index is -1.18. The van der Waals surface area contributed by atoms with Gasteiger partial charge in [-0.25, -0.2) is 9.18 Å². The van der Waals surface area contributed by atoms with Gasteiger partial charge in [-0.05, 0) is 50.3 Å². The van der Waals surface area contributed by atoms with Gasteiger partial charge in [0, 0.05) is 4.88 Å². The molecule has 1 aromatic carbocycles. The van der Waals surface area contributed by atoms with Crippen LogP contribution in [-0.4, -0.2) is 18.0 Å². The number of nitrogens with one attached hydrogen (secondary N) is 1. The Morgan fingerprint density at radius 2 is 2.07 bits per heavy atom. The molecule has 28 heavy (non-hydrogen) atoms. The lowest BCUT2D eigenvalue weighted by atomic mass is 10.1. The smallest absolute Gasteiger partial charge is 0.343 e. The van der Waals surface area contributed by atoms with Crippen molar-refractivity contribution in [2.75, 3.05) is 5.32 Å². The molecule has 1 aliphatic rings. The third-order valence-electron chi connectivity index (χ3n) is 4.59. The average molecular weight is 421 g/mol. The van der Waals surface area contributed by atoms with Gasteiger partial charge in [-0.3, -0.25) is 4.79 Å². The van der Waals surface area contributed by atoms with Gasteiger partial charge in [-0.1, -0.05) is 24.1 Å². The number of fused-ring (bicyclic) bond motifs is 1. The lowest BCUT2D eigenvalue weighted by Crippen LogP contribution is -2.30. The highest BCUT2D eigenvalue weighted by atomic mass is 35.5. The van der Waals surface area contributed by atoms with Crippen LogP contribution >= 0.6 is 22.9 Å². The van der Waals surface area contributed by atoms with Crippen LogP contribution in [0, 0.1) is 17.1 Å². The molecule has 1 unspecified atom stereocenters. The molecule has 1 N–H and O–H groups in total. The standard InChI is InChI=1S/C20H18ClFN2O3S/c1-11(27-20(26)17-14(21)7-5-8-15(17)22)18(25)24-19-13(10-23)12-6-3-2-4-9-16(12)28-19/h5,7-8,11H,2-4,6,9H2,1H3,(H,24,25). The Balaban J connectivity index is 1.73. The summed E-state index contributed by atoms with van der Waals surface area (Å²) in [5, 5.41) is 12.6. The summed E-state index contributed by atoms with van der Waals surface area (Å²) in [5.41, 5.74) is 1.07. The van der Waals surface area contributed by atoms with Crippen LogP contribution in [0.2, 0.25) is 5.02 Å². The quantitative estimate of drug-likeness (QED) is 0.565. The lowest BCUT2D eigenvalue weighted by molar-refractivity contribution is -0.123. The van der Waals surface area contributed by atoms with E-state index >= 15 is 0 Å². The Morgan fingerprint density at radius 3 is 2.79 bits per heavy atom. The van der Waals surface area contributed by atoms with Crippen LogP contribution < -0.4 is 5.32 Å². The van der Waals surface area contributed by atoms with Gasteiger partial charge < -0.3 is 10.1 Å². The number of carbonyl (C=O) groups excluding carboxylic acids is 2. The van der Waals surface area contributed by atoms with Gasteiger partial charge in [0.2, 0.25) is 0 Å². The number of hydrogen-bond donors (Lipinski definition) is 1. The van der Waals surface area contributed by atoms with Gasteiger partial charge in [-0.15, -0.1) is 11.3 Å². The van der Waals surface area contributed by atoms with Crippen molar-refractivity contribution < 1.29 is 18.7 Å². The number of nitriles is 1. The lowest BCUT2D eigenvalue weighted by Gasteiger charge is -2.14. The number of anilines is 1. The number of amides is 1. The van der Waals surface area contributed by atoms with E-state index in [1.807, 2.05) is 0 Å². The van der Waals surface area contributed by atoms with Crippen molar-refractivity contribution in [3.05, 3.63) is 50.6 Å². The molecular formula is C20H18ClFN2O3S. The van der Waals surface area contributed by atoms with Crippen molar-refractivity contribution in [2.24, 2.45) is 0 Å². The van der Waals surface area contributed by atoms with Gasteiger partial charge in [0.05, 0.1) is 10.6 Å². The second-order valence-electron chi connectivity index (χ2n) is 6.51. The first-order valence-corrected chi connectivity index (χ1v) is 10.1. The number of benzene rings is 1. The normalized spacial score (nSPS) is 14.4. The molecule has 0 fully saturated rings. The highest BCUT2D eigenvalue weighted by Crippen LogP contribution is 2.37. The van der Waals surface area contributed by atoms with Crippen LogP contribution in [0.3, 0.4) is 0 Å². The predicted molar refractivity (Wildman–Crippen MR) is 105 cm³/mol. The van der Waals surface area contributed by atoms with E-state index in [0.717, 1.165) is 48.6 Å². The number of thiophene rings is 1. The first-order chi connectivity index (χ1) is 13.4. The van der Waals surface area contributed by atoms with Crippen molar-refractivity contribution in [3.8, 4) is 6.07 Å². The summed E-state index contributed by atoms with van der Waals surface area (Å²) in [6.45, 7) is 1.38. The molecule has 0 spiro atoms. The van der Waals surface area contributed by atoms with E-state index < -0.39 is 29.4 Å². The van der Waals surface area contributed by atoms with Gasteiger partial charge in [-0.2, -0.15) is 5.26 Å². The number of rotatable bonds is 4. The molecule has 0 saturated carbocycles. The number of hydrogen-bond acceptors (Lipinski definition) is 5. The van der Waals surface area contributed by atoms with Crippen LogP contribution in [-0.2, 0) is 22.4 Å². The maximum Gasteiger partial charge on any atom is 0.343 e. The Labute approximate surface area is 171 Å². The van der Waals surface area contributed by atoms with Crippen molar-refractivity contribution in [1.29, 1.82) is 5.26 Å². The van der Waals surface area contributed by atoms with Gasteiger partial charge in [0.25, 0.3) is 5.91 Å². The Bertz CT molecular complexity index is 947. The molecule has 2 aromatic rings. The minimum Gasteiger partial charge on any atom is -0.449 e. The summed E-state index contributed by atoms with van der Waals surface area (Å²) >= 11 is 7.24. The summed E-state index contributed by atoms with van der Waals surface area (Å²) in [6, 6.07) is 6.00. The van der Waals surface area contributed by atoms with E-state index in [4.69, 9.17) is 16.3 Å². The number of aryl methyl sites for hydroxylation is 1. The van der Waals surface area contributed by atoms with Crippen LogP contribution in [0.15, 0.2) is 18.2 Å². The van der Waals surface area contributed by atoms with Crippen molar-refractivity contribution in [2.45, 2.75) is 45.1 Å². The highest BCUT2D eigenvalue weighted by Gasteiger charge is 2.26. The molecule has 146 valence electrons. The van der Waals surface area contributed by atoms with Gasteiger partial charge in [0.15, 0.2) is 6.10 Å². The summed E-state index contributed by atoms with van der Waals surface area (Å²) < 4.78 is 18.9. The molecule has 1 aromatic heterocycles. The molecule has 1 amide bonds. The number of ether oxygens (including phenoxy) is 1. The van der Waals surface area contributed by atoms with Crippen molar-refractivity contribution in [3.63, 3.8) is 0 Å². The first kappa shape index (κ1) is 20.3.